The van der Waals surface area contributed by atoms with E-state index in [1.807, 2.05) is 32.0 Å². The maximum Gasteiger partial charge on any atom is 0.197 e. The molecule has 3 aromatic rings. The van der Waals surface area contributed by atoms with Crippen LogP contribution >= 0.6 is 11.8 Å². The van der Waals surface area contributed by atoms with E-state index in [4.69, 9.17) is 0 Å². The van der Waals surface area contributed by atoms with Crippen LogP contribution in [-0.2, 0) is 0 Å². The average molecular weight is 326 g/mol. The summed E-state index contributed by atoms with van der Waals surface area (Å²) < 4.78 is 2.10. The van der Waals surface area contributed by atoms with E-state index in [0.29, 0.717) is 11.9 Å². The molecule has 0 atom stereocenters. The van der Waals surface area contributed by atoms with Crippen LogP contribution in [0, 0.1) is 13.8 Å². The van der Waals surface area contributed by atoms with Crippen molar-refractivity contribution in [3.05, 3.63) is 42.1 Å². The fraction of sp³-hybridized carbons (Fsp3) is 0.312. The summed E-state index contributed by atoms with van der Waals surface area (Å²) in [4.78, 5) is 13.3. The molecule has 7 heteroatoms. The lowest BCUT2D eigenvalue weighted by Gasteiger charge is -2.12. The third-order valence-electron chi connectivity index (χ3n) is 3.30. The molecule has 0 unspecified atom stereocenters. The highest BCUT2D eigenvalue weighted by atomic mass is 32.2. The predicted molar refractivity (Wildman–Crippen MR) is 89.3 cm³/mol. The van der Waals surface area contributed by atoms with Crippen molar-refractivity contribution in [2.75, 3.05) is 0 Å². The molecule has 3 heterocycles. The van der Waals surface area contributed by atoms with Gasteiger partial charge in [-0.1, -0.05) is 0 Å². The van der Waals surface area contributed by atoms with Crippen LogP contribution < -0.4 is 0 Å². The van der Waals surface area contributed by atoms with Crippen LogP contribution in [0.25, 0.3) is 11.4 Å². The molecule has 0 aliphatic carbocycles. The second kappa shape index (κ2) is 6.45. The molecular formula is C16H18N6S. The summed E-state index contributed by atoms with van der Waals surface area (Å²) in [7, 11) is 0. The Hall–Kier alpha value is -2.28. The standard InChI is InChI=1S/C16H18N6S/c1-10(2)22-12(4)20-21-16(22)23-14-8-11(3)18-15(19-14)13-6-5-7-17-9-13/h5-10H,1-4H3. The van der Waals surface area contributed by atoms with E-state index < -0.39 is 0 Å². The van der Waals surface area contributed by atoms with Crippen molar-refractivity contribution in [2.45, 2.75) is 43.9 Å². The van der Waals surface area contributed by atoms with E-state index in [-0.39, 0.29) is 0 Å². The maximum atomic E-state index is 4.64. The van der Waals surface area contributed by atoms with Crippen LogP contribution in [0.5, 0.6) is 0 Å². The van der Waals surface area contributed by atoms with Crippen molar-refractivity contribution in [3.8, 4) is 11.4 Å². The van der Waals surface area contributed by atoms with Crippen molar-refractivity contribution in [1.82, 2.24) is 29.7 Å². The number of nitrogens with zero attached hydrogens (tertiary/aromatic N) is 6. The van der Waals surface area contributed by atoms with Gasteiger partial charge in [0.2, 0.25) is 0 Å². The summed E-state index contributed by atoms with van der Waals surface area (Å²) in [6.45, 7) is 8.16. The Balaban J connectivity index is 1.97. The summed E-state index contributed by atoms with van der Waals surface area (Å²) in [5, 5.41) is 10.1. The molecule has 0 aliphatic rings. The molecule has 0 aliphatic heterocycles. The first-order valence-electron chi connectivity index (χ1n) is 7.40. The van der Waals surface area contributed by atoms with E-state index in [9.17, 15) is 0 Å². The Labute approximate surface area is 139 Å². The fourth-order valence-corrected chi connectivity index (χ4v) is 3.40. The lowest BCUT2D eigenvalue weighted by molar-refractivity contribution is 0.536. The van der Waals surface area contributed by atoms with Crippen molar-refractivity contribution >= 4 is 11.8 Å². The molecule has 0 spiro atoms. The molecule has 0 saturated heterocycles. The van der Waals surface area contributed by atoms with Gasteiger partial charge in [0.05, 0.1) is 0 Å². The summed E-state index contributed by atoms with van der Waals surface area (Å²) in [6.07, 6.45) is 3.51. The zero-order chi connectivity index (χ0) is 16.4. The van der Waals surface area contributed by atoms with Gasteiger partial charge in [-0.3, -0.25) is 4.98 Å². The van der Waals surface area contributed by atoms with Crippen LogP contribution in [0.3, 0.4) is 0 Å². The minimum absolute atomic E-state index is 0.299. The van der Waals surface area contributed by atoms with Crippen molar-refractivity contribution in [1.29, 1.82) is 0 Å². The number of aryl methyl sites for hydroxylation is 2. The van der Waals surface area contributed by atoms with Crippen LogP contribution in [0.2, 0.25) is 0 Å². The zero-order valence-electron chi connectivity index (χ0n) is 13.6. The maximum absolute atomic E-state index is 4.64. The molecule has 0 amide bonds. The molecule has 0 saturated carbocycles. The molecular weight excluding hydrogens is 308 g/mol. The first kappa shape index (κ1) is 15.6. The topological polar surface area (TPSA) is 69.4 Å². The summed E-state index contributed by atoms with van der Waals surface area (Å²) in [5.74, 6) is 1.58. The van der Waals surface area contributed by atoms with Crippen LogP contribution in [0.1, 0.15) is 31.4 Å². The second-order valence-electron chi connectivity index (χ2n) is 5.51. The Bertz CT molecular complexity index is 813. The highest BCUT2D eigenvalue weighted by molar-refractivity contribution is 7.99. The van der Waals surface area contributed by atoms with Crippen LogP contribution in [0.15, 0.2) is 40.8 Å². The fourth-order valence-electron chi connectivity index (χ4n) is 2.32. The minimum atomic E-state index is 0.299. The molecule has 0 radical (unpaired) electrons. The highest BCUT2D eigenvalue weighted by Gasteiger charge is 2.15. The SMILES string of the molecule is Cc1cc(Sc2nnc(C)n2C(C)C)nc(-c2cccnc2)n1. The number of pyridine rings is 1. The van der Waals surface area contributed by atoms with E-state index in [1.54, 1.807) is 12.4 Å². The monoisotopic (exact) mass is 326 g/mol. The van der Waals surface area contributed by atoms with Gasteiger partial charge in [0.25, 0.3) is 0 Å². The first-order chi connectivity index (χ1) is 11.0. The van der Waals surface area contributed by atoms with Gasteiger partial charge >= 0.3 is 0 Å². The Morgan fingerprint density at radius 2 is 1.96 bits per heavy atom. The van der Waals surface area contributed by atoms with Gasteiger partial charge in [-0.05, 0) is 57.7 Å². The van der Waals surface area contributed by atoms with Gasteiger partial charge in [0.1, 0.15) is 10.9 Å². The molecule has 0 N–H and O–H groups in total. The van der Waals surface area contributed by atoms with Gasteiger partial charge in [-0.15, -0.1) is 10.2 Å². The van der Waals surface area contributed by atoms with Crippen molar-refractivity contribution < 1.29 is 0 Å². The van der Waals surface area contributed by atoms with E-state index in [0.717, 1.165) is 27.3 Å². The van der Waals surface area contributed by atoms with E-state index >= 15 is 0 Å². The number of aromatic nitrogens is 6. The summed E-state index contributed by atoms with van der Waals surface area (Å²) in [5.41, 5.74) is 1.81. The summed E-state index contributed by atoms with van der Waals surface area (Å²) >= 11 is 1.50. The minimum Gasteiger partial charge on any atom is -0.303 e. The van der Waals surface area contributed by atoms with Gasteiger partial charge in [-0.25, -0.2) is 9.97 Å². The number of rotatable bonds is 4. The van der Waals surface area contributed by atoms with Crippen molar-refractivity contribution in [2.24, 2.45) is 0 Å². The second-order valence-corrected chi connectivity index (χ2v) is 6.50. The molecule has 0 bridgehead atoms. The quantitative estimate of drug-likeness (QED) is 0.684. The average Bonchev–Trinajstić information content (AvgIpc) is 2.88. The largest absolute Gasteiger partial charge is 0.303 e. The Kier molecular flexibility index (Phi) is 4.38. The lowest BCUT2D eigenvalue weighted by Crippen LogP contribution is -2.05. The van der Waals surface area contributed by atoms with Crippen LogP contribution in [-0.4, -0.2) is 29.7 Å². The third-order valence-corrected chi connectivity index (χ3v) is 4.18. The molecule has 0 aromatic carbocycles. The molecule has 3 aromatic heterocycles. The Morgan fingerprint density at radius 3 is 2.65 bits per heavy atom. The number of hydrogen-bond donors (Lipinski definition) is 0. The Morgan fingerprint density at radius 1 is 1.13 bits per heavy atom. The molecule has 3 rings (SSSR count). The molecule has 23 heavy (non-hydrogen) atoms. The van der Waals surface area contributed by atoms with Gasteiger partial charge in [0, 0.05) is 29.7 Å². The summed E-state index contributed by atoms with van der Waals surface area (Å²) in [6, 6.07) is 6.09. The van der Waals surface area contributed by atoms with Gasteiger partial charge < -0.3 is 4.57 Å². The lowest BCUT2D eigenvalue weighted by atomic mass is 10.2. The normalized spacial score (nSPS) is 11.2. The number of hydrogen-bond acceptors (Lipinski definition) is 6. The van der Waals surface area contributed by atoms with Crippen LogP contribution in [0.4, 0.5) is 0 Å². The van der Waals surface area contributed by atoms with E-state index in [1.165, 1.54) is 11.8 Å². The van der Waals surface area contributed by atoms with Gasteiger partial charge in [0.15, 0.2) is 11.0 Å². The third kappa shape index (κ3) is 3.39. The predicted octanol–water partition coefficient (Wildman–Crippen LogP) is 3.48. The zero-order valence-corrected chi connectivity index (χ0v) is 14.4. The molecule has 118 valence electrons. The van der Waals surface area contributed by atoms with E-state index in [2.05, 4.69) is 43.6 Å². The van der Waals surface area contributed by atoms with Gasteiger partial charge in [-0.2, -0.15) is 0 Å². The highest BCUT2D eigenvalue weighted by Crippen LogP contribution is 2.29. The molecule has 6 nitrogen and oxygen atoms in total. The molecule has 0 fully saturated rings. The van der Waals surface area contributed by atoms with Crippen molar-refractivity contribution in [3.63, 3.8) is 0 Å². The first-order valence-corrected chi connectivity index (χ1v) is 8.21. The smallest absolute Gasteiger partial charge is 0.197 e.